The number of halogens is 1. The van der Waals surface area contributed by atoms with Crippen molar-refractivity contribution in [3.8, 4) is 0 Å². The molecule has 5 nitrogen and oxygen atoms in total. The maximum absolute atomic E-state index is 11.6. The number of nitrogens with one attached hydrogen (secondary N) is 1. The number of hydrogen-bond acceptors (Lipinski definition) is 3. The largest absolute Gasteiger partial charge is 0.481 e. The second-order valence-electron chi connectivity index (χ2n) is 4.28. The molecule has 0 aliphatic carbocycles. The van der Waals surface area contributed by atoms with Gasteiger partial charge in [0.2, 0.25) is 10.0 Å². The van der Waals surface area contributed by atoms with Crippen LogP contribution in [0.2, 0.25) is 5.02 Å². The lowest BCUT2D eigenvalue weighted by Gasteiger charge is -2.14. The molecule has 0 saturated heterocycles. The summed E-state index contributed by atoms with van der Waals surface area (Å²) in [6.07, 6.45) is 0.0418. The Hall–Kier alpha value is -1.11. The molecule has 1 unspecified atom stereocenters. The van der Waals surface area contributed by atoms with E-state index in [1.807, 2.05) is 12.1 Å². The van der Waals surface area contributed by atoms with Crippen molar-refractivity contribution in [2.45, 2.75) is 25.8 Å². The highest BCUT2D eigenvalue weighted by atomic mass is 35.5. The molecule has 0 aromatic heterocycles. The fourth-order valence-corrected chi connectivity index (χ4v) is 3.09. The quantitative estimate of drug-likeness (QED) is 0.802. The summed E-state index contributed by atoms with van der Waals surface area (Å²) in [6, 6.07) is 6.84. The van der Waals surface area contributed by atoms with Gasteiger partial charge in [0.15, 0.2) is 0 Å². The molecule has 106 valence electrons. The van der Waals surface area contributed by atoms with E-state index in [0.717, 1.165) is 5.56 Å². The summed E-state index contributed by atoms with van der Waals surface area (Å²) in [5, 5.41) is 9.06. The molecule has 0 saturated carbocycles. The molecule has 1 aromatic rings. The van der Waals surface area contributed by atoms with Crippen molar-refractivity contribution in [1.82, 2.24) is 4.72 Å². The normalized spacial score (nSPS) is 13.2. The van der Waals surface area contributed by atoms with Crippen molar-refractivity contribution in [3.05, 3.63) is 34.9 Å². The van der Waals surface area contributed by atoms with E-state index in [1.165, 1.54) is 0 Å². The van der Waals surface area contributed by atoms with Crippen molar-refractivity contribution < 1.29 is 18.3 Å². The van der Waals surface area contributed by atoms with E-state index in [-0.39, 0.29) is 6.04 Å². The molecule has 0 radical (unpaired) electrons. The van der Waals surface area contributed by atoms with E-state index in [1.54, 1.807) is 19.1 Å². The van der Waals surface area contributed by atoms with Gasteiger partial charge in [-0.2, -0.15) is 0 Å². The Bertz CT molecular complexity index is 544. The minimum absolute atomic E-state index is 0.348. The molecule has 0 heterocycles. The summed E-state index contributed by atoms with van der Waals surface area (Å²) < 4.78 is 25.7. The first kappa shape index (κ1) is 15.9. The second kappa shape index (κ2) is 6.88. The first-order valence-corrected chi connectivity index (χ1v) is 7.78. The second-order valence-corrected chi connectivity index (χ2v) is 6.56. The van der Waals surface area contributed by atoms with Gasteiger partial charge in [0, 0.05) is 11.1 Å². The van der Waals surface area contributed by atoms with Gasteiger partial charge in [0.1, 0.15) is 0 Å². The van der Waals surface area contributed by atoms with Crippen LogP contribution in [0.15, 0.2) is 24.3 Å². The van der Waals surface area contributed by atoms with E-state index in [0.29, 0.717) is 11.4 Å². The number of carboxylic acid groups (broad SMARTS) is 1. The van der Waals surface area contributed by atoms with Gasteiger partial charge in [-0.25, -0.2) is 13.1 Å². The molecule has 0 spiro atoms. The van der Waals surface area contributed by atoms with Gasteiger partial charge in [-0.3, -0.25) is 4.79 Å². The molecule has 0 aliphatic rings. The molecular weight excluding hydrogens is 290 g/mol. The molecule has 0 bridgehead atoms. The van der Waals surface area contributed by atoms with Crippen molar-refractivity contribution in [2.75, 3.05) is 5.75 Å². The number of sulfonamides is 1. The van der Waals surface area contributed by atoms with Crippen LogP contribution >= 0.6 is 11.6 Å². The van der Waals surface area contributed by atoms with Crippen molar-refractivity contribution >= 4 is 27.6 Å². The van der Waals surface area contributed by atoms with Crippen LogP contribution in [0.1, 0.15) is 18.9 Å². The van der Waals surface area contributed by atoms with E-state index in [4.69, 9.17) is 16.7 Å². The average molecular weight is 306 g/mol. The van der Waals surface area contributed by atoms with Crippen LogP contribution in [-0.2, 0) is 21.2 Å². The molecule has 19 heavy (non-hydrogen) atoms. The number of benzene rings is 1. The Morgan fingerprint density at radius 1 is 1.42 bits per heavy atom. The van der Waals surface area contributed by atoms with Gasteiger partial charge in [0.25, 0.3) is 0 Å². The smallest absolute Gasteiger partial charge is 0.304 e. The topological polar surface area (TPSA) is 83.5 Å². The summed E-state index contributed by atoms with van der Waals surface area (Å²) in [4.78, 5) is 10.4. The predicted octanol–water partition coefficient (Wildman–Crippen LogP) is 1.67. The van der Waals surface area contributed by atoms with Crippen LogP contribution in [0.4, 0.5) is 0 Å². The fraction of sp³-hybridized carbons (Fsp3) is 0.417. The molecule has 1 rings (SSSR count). The summed E-state index contributed by atoms with van der Waals surface area (Å²) in [6.45, 7) is 1.71. The maximum atomic E-state index is 11.6. The van der Waals surface area contributed by atoms with Gasteiger partial charge in [0.05, 0.1) is 12.2 Å². The number of hydrogen-bond donors (Lipinski definition) is 2. The Balaban J connectivity index is 2.58. The molecule has 1 aromatic carbocycles. The monoisotopic (exact) mass is 305 g/mol. The highest BCUT2D eigenvalue weighted by Crippen LogP contribution is 2.16. The zero-order valence-corrected chi connectivity index (χ0v) is 12.0. The van der Waals surface area contributed by atoms with Gasteiger partial charge in [-0.05, 0) is 25.0 Å². The maximum Gasteiger partial charge on any atom is 0.304 e. The van der Waals surface area contributed by atoms with Gasteiger partial charge >= 0.3 is 5.97 Å². The highest BCUT2D eigenvalue weighted by Gasteiger charge is 2.16. The third-order valence-electron chi connectivity index (χ3n) is 2.45. The zero-order valence-electron chi connectivity index (χ0n) is 10.5. The minimum atomic E-state index is -3.58. The minimum Gasteiger partial charge on any atom is -0.481 e. The predicted molar refractivity (Wildman–Crippen MR) is 73.8 cm³/mol. The van der Waals surface area contributed by atoms with Crippen LogP contribution in [0.5, 0.6) is 0 Å². The molecule has 0 aliphatic heterocycles. The fourth-order valence-electron chi connectivity index (χ4n) is 1.62. The SMILES string of the molecule is CC(Cc1ccccc1Cl)NS(=O)(=O)CCC(=O)O. The summed E-state index contributed by atoms with van der Waals surface area (Å²) >= 11 is 5.99. The van der Waals surface area contributed by atoms with Crippen LogP contribution in [-0.4, -0.2) is 31.3 Å². The Kier molecular flexibility index (Phi) is 5.78. The Morgan fingerprint density at radius 2 is 2.05 bits per heavy atom. The first-order valence-electron chi connectivity index (χ1n) is 5.75. The lowest BCUT2D eigenvalue weighted by atomic mass is 10.1. The number of carbonyl (C=O) groups is 1. The third kappa shape index (κ3) is 6.04. The summed E-state index contributed by atoms with van der Waals surface area (Å²) in [7, 11) is -3.58. The van der Waals surface area contributed by atoms with Gasteiger partial charge in [-0.15, -0.1) is 0 Å². The van der Waals surface area contributed by atoms with Crippen LogP contribution in [0.3, 0.4) is 0 Å². The molecule has 0 fully saturated rings. The van der Waals surface area contributed by atoms with E-state index >= 15 is 0 Å². The van der Waals surface area contributed by atoms with E-state index in [2.05, 4.69) is 4.72 Å². The van der Waals surface area contributed by atoms with E-state index < -0.39 is 28.2 Å². The van der Waals surface area contributed by atoms with Crippen LogP contribution < -0.4 is 4.72 Å². The first-order chi connectivity index (χ1) is 8.80. The lowest BCUT2D eigenvalue weighted by molar-refractivity contribution is -0.136. The average Bonchev–Trinajstić information content (AvgIpc) is 2.29. The van der Waals surface area contributed by atoms with E-state index in [9.17, 15) is 13.2 Å². The molecular formula is C12H16ClNO4S. The number of rotatable bonds is 7. The molecule has 2 N–H and O–H groups in total. The number of aliphatic carboxylic acids is 1. The van der Waals surface area contributed by atoms with Crippen molar-refractivity contribution in [2.24, 2.45) is 0 Å². The Labute approximate surface area is 117 Å². The molecule has 1 atom stereocenters. The summed E-state index contributed by atoms with van der Waals surface area (Å²) in [5.74, 6) is -1.56. The van der Waals surface area contributed by atoms with Crippen molar-refractivity contribution in [1.29, 1.82) is 0 Å². The lowest BCUT2D eigenvalue weighted by Crippen LogP contribution is -2.36. The highest BCUT2D eigenvalue weighted by molar-refractivity contribution is 7.89. The third-order valence-corrected chi connectivity index (χ3v) is 4.32. The standard InChI is InChI=1S/C12H16ClNO4S/c1-9(8-10-4-2-3-5-11(10)13)14-19(17,18)7-6-12(15)16/h2-5,9,14H,6-8H2,1H3,(H,15,16). The van der Waals surface area contributed by atoms with Gasteiger partial charge in [-0.1, -0.05) is 29.8 Å². The van der Waals surface area contributed by atoms with Crippen LogP contribution in [0.25, 0.3) is 0 Å². The van der Waals surface area contributed by atoms with Crippen molar-refractivity contribution in [3.63, 3.8) is 0 Å². The number of carboxylic acids is 1. The molecule has 0 amide bonds. The summed E-state index contributed by atoms with van der Waals surface area (Å²) in [5.41, 5.74) is 0.845. The zero-order chi connectivity index (χ0) is 14.5. The van der Waals surface area contributed by atoms with Crippen LogP contribution in [0, 0.1) is 0 Å². The molecule has 7 heteroatoms. The Morgan fingerprint density at radius 3 is 2.63 bits per heavy atom. The van der Waals surface area contributed by atoms with Gasteiger partial charge < -0.3 is 5.11 Å².